The molecule has 0 aromatic rings. The van der Waals surface area contributed by atoms with E-state index in [9.17, 15) is 14.7 Å². The molecule has 5 nitrogen and oxygen atoms in total. The lowest BCUT2D eigenvalue weighted by molar-refractivity contribution is -0.149. The molecule has 1 heterocycles. The highest BCUT2D eigenvalue weighted by atomic mass is 16.4. The van der Waals surface area contributed by atoms with Crippen LogP contribution in [0.1, 0.15) is 39.5 Å². The van der Waals surface area contributed by atoms with E-state index in [0.29, 0.717) is 12.3 Å². The van der Waals surface area contributed by atoms with Crippen LogP contribution >= 0.6 is 0 Å². The molecule has 0 aromatic heterocycles. The van der Waals surface area contributed by atoms with Crippen molar-refractivity contribution in [1.82, 2.24) is 9.80 Å². The Bertz CT molecular complexity index is 378. The summed E-state index contributed by atoms with van der Waals surface area (Å²) in [4.78, 5) is 28.4. The van der Waals surface area contributed by atoms with Gasteiger partial charge in [-0.1, -0.05) is 20.3 Å². The highest BCUT2D eigenvalue weighted by molar-refractivity contribution is 5.85. The van der Waals surface area contributed by atoms with Crippen LogP contribution in [0.5, 0.6) is 0 Å². The van der Waals surface area contributed by atoms with Crippen molar-refractivity contribution in [2.24, 2.45) is 17.8 Å². The molecule has 2 fully saturated rings. The first-order chi connectivity index (χ1) is 10.1. The Morgan fingerprint density at radius 1 is 1.05 bits per heavy atom. The Morgan fingerprint density at radius 3 is 2.19 bits per heavy atom. The number of nitrogens with zero attached hydrogens (tertiary/aromatic N) is 2. The lowest BCUT2D eigenvalue weighted by Gasteiger charge is -2.36. The standard InChI is InChI=1S/C16H28N2O3/c1-3-5-17-6-8-18(9-7-17)15(19)13-10-12(4-2)11-14(13)16(20)21/h12-14H,3-11H2,1-2H3,(H,20,21)/t12?,13-,14+/m0/s1. The normalized spacial score (nSPS) is 30.6. The lowest BCUT2D eigenvalue weighted by atomic mass is 9.94. The van der Waals surface area contributed by atoms with Gasteiger partial charge in [-0.05, 0) is 31.7 Å². The van der Waals surface area contributed by atoms with E-state index >= 15 is 0 Å². The number of aliphatic carboxylic acids is 1. The lowest BCUT2D eigenvalue weighted by Crippen LogP contribution is -2.51. The van der Waals surface area contributed by atoms with Crippen molar-refractivity contribution >= 4 is 11.9 Å². The molecule has 0 aromatic carbocycles. The summed E-state index contributed by atoms with van der Waals surface area (Å²) in [7, 11) is 0. The van der Waals surface area contributed by atoms with Gasteiger partial charge in [0.1, 0.15) is 0 Å². The number of piperazine rings is 1. The van der Waals surface area contributed by atoms with Crippen LogP contribution in [0.15, 0.2) is 0 Å². The maximum absolute atomic E-state index is 12.7. The Labute approximate surface area is 127 Å². The third-order valence-corrected chi connectivity index (χ3v) is 5.10. The highest BCUT2D eigenvalue weighted by Crippen LogP contribution is 2.39. The average Bonchev–Trinajstić information content (AvgIpc) is 2.92. The summed E-state index contributed by atoms with van der Waals surface area (Å²) >= 11 is 0. The molecule has 5 heteroatoms. The van der Waals surface area contributed by atoms with Crippen LogP contribution in [0.2, 0.25) is 0 Å². The summed E-state index contributed by atoms with van der Waals surface area (Å²) in [6, 6.07) is 0. The van der Waals surface area contributed by atoms with Gasteiger partial charge in [-0.2, -0.15) is 0 Å². The molecule has 1 N–H and O–H groups in total. The summed E-state index contributed by atoms with van der Waals surface area (Å²) in [5.74, 6) is -1.11. The minimum atomic E-state index is -0.797. The van der Waals surface area contributed by atoms with Gasteiger partial charge in [0.05, 0.1) is 11.8 Å². The van der Waals surface area contributed by atoms with Crippen molar-refractivity contribution in [1.29, 1.82) is 0 Å². The first-order valence-corrected chi connectivity index (χ1v) is 8.30. The molecule has 1 saturated heterocycles. The predicted octanol–water partition coefficient (Wildman–Crippen LogP) is 1.68. The van der Waals surface area contributed by atoms with Crippen molar-refractivity contribution in [3.05, 3.63) is 0 Å². The zero-order valence-electron chi connectivity index (χ0n) is 13.3. The smallest absolute Gasteiger partial charge is 0.307 e. The maximum atomic E-state index is 12.7. The van der Waals surface area contributed by atoms with Crippen LogP contribution < -0.4 is 0 Å². The number of amides is 1. The van der Waals surface area contributed by atoms with Crippen LogP contribution in [0.25, 0.3) is 0 Å². The van der Waals surface area contributed by atoms with Crippen molar-refractivity contribution in [2.45, 2.75) is 39.5 Å². The molecule has 1 aliphatic carbocycles. The summed E-state index contributed by atoms with van der Waals surface area (Å²) in [6.07, 6.45) is 3.52. The molecular formula is C16H28N2O3. The molecule has 3 atom stereocenters. The van der Waals surface area contributed by atoms with E-state index in [2.05, 4.69) is 18.7 Å². The maximum Gasteiger partial charge on any atom is 0.307 e. The Kier molecular flexibility index (Phi) is 5.62. The van der Waals surface area contributed by atoms with Gasteiger partial charge in [0.25, 0.3) is 0 Å². The summed E-state index contributed by atoms with van der Waals surface area (Å²) in [5, 5.41) is 9.38. The number of carboxylic acids is 1. The Morgan fingerprint density at radius 2 is 1.67 bits per heavy atom. The van der Waals surface area contributed by atoms with E-state index in [4.69, 9.17) is 0 Å². The Hall–Kier alpha value is -1.10. The van der Waals surface area contributed by atoms with Gasteiger partial charge in [0.2, 0.25) is 5.91 Å². The molecule has 1 saturated carbocycles. The van der Waals surface area contributed by atoms with Crippen molar-refractivity contribution in [3.8, 4) is 0 Å². The first-order valence-electron chi connectivity index (χ1n) is 8.30. The monoisotopic (exact) mass is 296 g/mol. The van der Waals surface area contributed by atoms with Gasteiger partial charge in [-0.3, -0.25) is 14.5 Å². The van der Waals surface area contributed by atoms with Crippen molar-refractivity contribution < 1.29 is 14.7 Å². The minimum Gasteiger partial charge on any atom is -0.481 e. The largest absolute Gasteiger partial charge is 0.481 e. The molecule has 1 amide bonds. The molecule has 2 rings (SSSR count). The molecule has 0 spiro atoms. The number of hydrogen-bond acceptors (Lipinski definition) is 3. The molecule has 120 valence electrons. The number of carboxylic acid groups (broad SMARTS) is 1. The number of carbonyl (C=O) groups is 2. The summed E-state index contributed by atoms with van der Waals surface area (Å²) in [6.45, 7) is 8.67. The predicted molar refractivity (Wildman–Crippen MR) is 80.9 cm³/mol. The third kappa shape index (κ3) is 3.76. The van der Waals surface area contributed by atoms with E-state index in [1.54, 1.807) is 0 Å². The van der Waals surface area contributed by atoms with Gasteiger partial charge in [0.15, 0.2) is 0 Å². The highest BCUT2D eigenvalue weighted by Gasteiger charge is 2.43. The molecule has 21 heavy (non-hydrogen) atoms. The molecular weight excluding hydrogens is 268 g/mol. The van der Waals surface area contributed by atoms with Gasteiger partial charge < -0.3 is 10.0 Å². The zero-order valence-corrected chi connectivity index (χ0v) is 13.3. The minimum absolute atomic E-state index is 0.0782. The van der Waals surface area contributed by atoms with Crippen LogP contribution in [0.4, 0.5) is 0 Å². The Balaban J connectivity index is 1.94. The van der Waals surface area contributed by atoms with Crippen LogP contribution in [-0.4, -0.2) is 59.5 Å². The quantitative estimate of drug-likeness (QED) is 0.838. The fourth-order valence-corrected chi connectivity index (χ4v) is 3.76. The van der Waals surface area contributed by atoms with E-state index in [1.807, 2.05) is 4.90 Å². The summed E-state index contributed by atoms with van der Waals surface area (Å²) in [5.41, 5.74) is 0. The van der Waals surface area contributed by atoms with Gasteiger partial charge in [0, 0.05) is 26.2 Å². The number of hydrogen-bond donors (Lipinski definition) is 1. The molecule has 0 radical (unpaired) electrons. The second-order valence-corrected chi connectivity index (χ2v) is 6.46. The van der Waals surface area contributed by atoms with Crippen LogP contribution in [-0.2, 0) is 9.59 Å². The first kappa shape index (κ1) is 16.3. The SMILES string of the molecule is CCCN1CCN(C(=O)[C@H]2CC(CC)C[C@H]2C(=O)O)CC1. The number of carbonyl (C=O) groups excluding carboxylic acids is 1. The van der Waals surface area contributed by atoms with Crippen LogP contribution in [0, 0.1) is 17.8 Å². The van der Waals surface area contributed by atoms with Gasteiger partial charge in [-0.25, -0.2) is 0 Å². The van der Waals surface area contributed by atoms with E-state index < -0.39 is 11.9 Å². The van der Waals surface area contributed by atoms with E-state index in [0.717, 1.165) is 52.0 Å². The molecule has 0 bridgehead atoms. The topological polar surface area (TPSA) is 60.9 Å². The second-order valence-electron chi connectivity index (χ2n) is 6.46. The molecule has 1 aliphatic heterocycles. The fraction of sp³-hybridized carbons (Fsp3) is 0.875. The fourth-order valence-electron chi connectivity index (χ4n) is 3.76. The van der Waals surface area contributed by atoms with Crippen molar-refractivity contribution in [2.75, 3.05) is 32.7 Å². The van der Waals surface area contributed by atoms with Gasteiger partial charge >= 0.3 is 5.97 Å². The van der Waals surface area contributed by atoms with E-state index in [1.165, 1.54) is 0 Å². The van der Waals surface area contributed by atoms with E-state index in [-0.39, 0.29) is 11.8 Å². The number of rotatable bonds is 5. The zero-order chi connectivity index (χ0) is 15.4. The van der Waals surface area contributed by atoms with Crippen molar-refractivity contribution in [3.63, 3.8) is 0 Å². The molecule has 1 unspecified atom stereocenters. The molecule has 2 aliphatic rings. The van der Waals surface area contributed by atoms with Gasteiger partial charge in [-0.15, -0.1) is 0 Å². The third-order valence-electron chi connectivity index (χ3n) is 5.10. The van der Waals surface area contributed by atoms with Crippen LogP contribution in [0.3, 0.4) is 0 Å². The second kappa shape index (κ2) is 7.25. The summed E-state index contributed by atoms with van der Waals surface area (Å²) < 4.78 is 0. The average molecular weight is 296 g/mol.